The lowest BCUT2D eigenvalue weighted by atomic mass is 9.92. The molecule has 1 heterocycles. The molecule has 33 heavy (non-hydrogen) atoms. The summed E-state index contributed by atoms with van der Waals surface area (Å²) < 4.78 is 38.6. The molecule has 4 amide bonds. The Morgan fingerprint density at radius 1 is 1.09 bits per heavy atom. The van der Waals surface area contributed by atoms with E-state index in [1.54, 1.807) is 0 Å². The first kappa shape index (κ1) is 22.9. The van der Waals surface area contributed by atoms with Gasteiger partial charge < -0.3 is 10.6 Å². The zero-order chi connectivity index (χ0) is 23.8. The summed E-state index contributed by atoms with van der Waals surface area (Å²) in [5.74, 6) is -1.72. The first-order valence-corrected chi connectivity index (χ1v) is 12.2. The Bertz CT molecular complexity index is 1190. The Morgan fingerprint density at radius 3 is 2.30 bits per heavy atom. The Balaban J connectivity index is 1.42. The number of hydrogen-bond acceptors (Lipinski definition) is 5. The van der Waals surface area contributed by atoms with Gasteiger partial charge in [-0.25, -0.2) is 17.6 Å². The predicted octanol–water partition coefficient (Wildman–Crippen LogP) is 2.95. The number of benzene rings is 2. The van der Waals surface area contributed by atoms with E-state index in [0.29, 0.717) is 24.1 Å². The van der Waals surface area contributed by atoms with E-state index < -0.39 is 45.6 Å². The number of imide groups is 1. The molecule has 2 N–H and O–H groups in total. The van der Waals surface area contributed by atoms with Gasteiger partial charge in [0.05, 0.1) is 10.1 Å². The van der Waals surface area contributed by atoms with Crippen molar-refractivity contribution in [3.05, 3.63) is 59.9 Å². The van der Waals surface area contributed by atoms with E-state index >= 15 is 0 Å². The number of amides is 4. The normalized spacial score (nSPS) is 21.3. The Hall–Kier alpha value is -3.27. The minimum absolute atomic E-state index is 0.205. The molecule has 1 atom stereocenters. The van der Waals surface area contributed by atoms with Crippen LogP contribution in [0.4, 0.5) is 14.9 Å². The van der Waals surface area contributed by atoms with Crippen LogP contribution in [0, 0.1) is 5.82 Å². The molecular formula is C23H24FN3O5S. The standard InChI is InChI=1S/C23H24FN3O5S/c1-23(15-6-8-16(24)9-7-15)21(29)27(22(30)26-23)14-20(28)25-17-10-12-19(13-11-17)33(31,32)18-4-2-3-5-18/h6-13,18H,2-5,14H2,1H3,(H,25,28)(H,26,30). The molecule has 2 aromatic rings. The fourth-order valence-electron chi connectivity index (χ4n) is 4.28. The summed E-state index contributed by atoms with van der Waals surface area (Å²) in [5, 5.41) is 4.76. The SMILES string of the molecule is CC1(c2ccc(F)cc2)NC(=O)N(CC(=O)Nc2ccc(S(=O)(=O)C3CCCC3)cc2)C1=O. The maximum atomic E-state index is 13.2. The van der Waals surface area contributed by atoms with Crippen LogP contribution in [0.2, 0.25) is 0 Å². The average Bonchev–Trinajstić information content (AvgIpc) is 3.39. The summed E-state index contributed by atoms with van der Waals surface area (Å²) in [5.41, 5.74) is -0.677. The molecule has 1 aliphatic heterocycles. The lowest BCUT2D eigenvalue weighted by Crippen LogP contribution is -2.42. The topological polar surface area (TPSA) is 113 Å². The molecule has 1 saturated carbocycles. The van der Waals surface area contributed by atoms with Crippen molar-refractivity contribution >= 4 is 33.4 Å². The van der Waals surface area contributed by atoms with Crippen LogP contribution in [0.1, 0.15) is 38.2 Å². The molecule has 8 nitrogen and oxygen atoms in total. The van der Waals surface area contributed by atoms with Gasteiger partial charge in [-0.1, -0.05) is 25.0 Å². The van der Waals surface area contributed by atoms with Crippen molar-refractivity contribution in [3.63, 3.8) is 0 Å². The van der Waals surface area contributed by atoms with Crippen molar-refractivity contribution in [2.75, 3.05) is 11.9 Å². The number of carbonyl (C=O) groups excluding carboxylic acids is 3. The molecule has 2 aromatic carbocycles. The van der Waals surface area contributed by atoms with Crippen LogP contribution in [0.15, 0.2) is 53.4 Å². The van der Waals surface area contributed by atoms with Crippen molar-refractivity contribution in [1.82, 2.24) is 10.2 Å². The van der Waals surface area contributed by atoms with Crippen LogP contribution in [0.3, 0.4) is 0 Å². The molecule has 0 spiro atoms. The van der Waals surface area contributed by atoms with Gasteiger partial charge in [0, 0.05) is 5.69 Å². The highest BCUT2D eigenvalue weighted by molar-refractivity contribution is 7.92. The summed E-state index contributed by atoms with van der Waals surface area (Å²) in [6, 6.07) is 10.3. The van der Waals surface area contributed by atoms with Gasteiger partial charge in [-0.05, 0) is 61.7 Å². The maximum Gasteiger partial charge on any atom is 0.325 e. The second-order valence-electron chi connectivity index (χ2n) is 8.48. The van der Waals surface area contributed by atoms with Gasteiger partial charge in [0.1, 0.15) is 17.9 Å². The van der Waals surface area contributed by atoms with Crippen LogP contribution in [-0.2, 0) is 25.0 Å². The highest BCUT2D eigenvalue weighted by Crippen LogP contribution is 2.31. The number of anilines is 1. The lowest BCUT2D eigenvalue weighted by Gasteiger charge is -2.22. The average molecular weight is 474 g/mol. The zero-order valence-electron chi connectivity index (χ0n) is 18.0. The first-order chi connectivity index (χ1) is 15.6. The summed E-state index contributed by atoms with van der Waals surface area (Å²) in [4.78, 5) is 38.8. The van der Waals surface area contributed by atoms with Crippen LogP contribution in [0.25, 0.3) is 0 Å². The first-order valence-electron chi connectivity index (χ1n) is 10.7. The van der Waals surface area contributed by atoms with Gasteiger partial charge in [-0.15, -0.1) is 0 Å². The largest absolute Gasteiger partial charge is 0.325 e. The third kappa shape index (κ3) is 4.35. The monoisotopic (exact) mass is 473 g/mol. The summed E-state index contributed by atoms with van der Waals surface area (Å²) in [6.45, 7) is 0.964. The number of rotatable bonds is 6. The van der Waals surface area contributed by atoms with Crippen molar-refractivity contribution < 1.29 is 27.2 Å². The third-order valence-corrected chi connectivity index (χ3v) is 8.48. The number of carbonyl (C=O) groups is 3. The molecule has 0 aromatic heterocycles. The highest BCUT2D eigenvalue weighted by Gasteiger charge is 2.49. The van der Waals surface area contributed by atoms with Crippen molar-refractivity contribution in [2.45, 2.75) is 48.3 Å². The lowest BCUT2D eigenvalue weighted by molar-refractivity contribution is -0.133. The van der Waals surface area contributed by atoms with Crippen molar-refractivity contribution in [3.8, 4) is 0 Å². The van der Waals surface area contributed by atoms with Gasteiger partial charge in [0.15, 0.2) is 9.84 Å². The third-order valence-electron chi connectivity index (χ3n) is 6.21. The molecule has 2 aliphatic rings. The van der Waals surface area contributed by atoms with Crippen molar-refractivity contribution in [2.24, 2.45) is 0 Å². The van der Waals surface area contributed by atoms with E-state index in [9.17, 15) is 27.2 Å². The minimum Gasteiger partial charge on any atom is -0.325 e. The molecular weight excluding hydrogens is 449 g/mol. The van der Waals surface area contributed by atoms with E-state index in [-0.39, 0.29) is 10.1 Å². The fourth-order valence-corrected chi connectivity index (χ4v) is 6.14. The van der Waals surface area contributed by atoms with Gasteiger partial charge in [-0.2, -0.15) is 0 Å². The molecule has 2 fully saturated rings. The van der Waals surface area contributed by atoms with E-state index in [0.717, 1.165) is 17.7 Å². The molecule has 4 rings (SSSR count). The maximum absolute atomic E-state index is 13.2. The van der Waals surface area contributed by atoms with E-state index in [2.05, 4.69) is 10.6 Å². The van der Waals surface area contributed by atoms with Crippen molar-refractivity contribution in [1.29, 1.82) is 0 Å². The molecule has 0 radical (unpaired) electrons. The molecule has 10 heteroatoms. The van der Waals surface area contributed by atoms with Gasteiger partial charge in [0.25, 0.3) is 5.91 Å². The van der Waals surface area contributed by atoms with Crippen LogP contribution in [0.5, 0.6) is 0 Å². The second-order valence-corrected chi connectivity index (χ2v) is 10.7. The molecule has 0 bridgehead atoms. The molecule has 1 unspecified atom stereocenters. The number of halogens is 1. The predicted molar refractivity (Wildman–Crippen MR) is 119 cm³/mol. The van der Waals surface area contributed by atoms with E-state index in [1.165, 1.54) is 55.5 Å². The van der Waals surface area contributed by atoms with Gasteiger partial charge in [0.2, 0.25) is 5.91 Å². The quantitative estimate of drug-likeness (QED) is 0.627. The number of hydrogen-bond donors (Lipinski definition) is 2. The van der Waals surface area contributed by atoms with Gasteiger partial charge >= 0.3 is 6.03 Å². The number of nitrogens with one attached hydrogen (secondary N) is 2. The van der Waals surface area contributed by atoms with Gasteiger partial charge in [-0.3, -0.25) is 14.5 Å². The van der Waals surface area contributed by atoms with Crippen LogP contribution >= 0.6 is 0 Å². The van der Waals surface area contributed by atoms with Crippen LogP contribution in [-0.4, -0.2) is 43.0 Å². The molecule has 1 aliphatic carbocycles. The summed E-state index contributed by atoms with van der Waals surface area (Å²) in [6.07, 6.45) is 3.12. The summed E-state index contributed by atoms with van der Waals surface area (Å²) >= 11 is 0. The van der Waals surface area contributed by atoms with Crippen LogP contribution < -0.4 is 10.6 Å². The molecule has 1 saturated heterocycles. The molecule has 174 valence electrons. The minimum atomic E-state index is -3.40. The van der Waals surface area contributed by atoms with E-state index in [1.807, 2.05) is 0 Å². The number of urea groups is 1. The Morgan fingerprint density at radius 2 is 1.70 bits per heavy atom. The van der Waals surface area contributed by atoms with E-state index in [4.69, 9.17) is 0 Å². The zero-order valence-corrected chi connectivity index (χ0v) is 18.8. The smallest absolute Gasteiger partial charge is 0.325 e. The fraction of sp³-hybridized carbons (Fsp3) is 0.348. The number of nitrogens with zero attached hydrogens (tertiary/aromatic N) is 1. The Labute approximate surface area is 191 Å². The Kier molecular flexibility index (Phi) is 5.96. The second kappa shape index (κ2) is 8.58. The summed E-state index contributed by atoms with van der Waals surface area (Å²) in [7, 11) is -3.40. The highest BCUT2D eigenvalue weighted by atomic mass is 32.2. The number of sulfone groups is 1.